The summed E-state index contributed by atoms with van der Waals surface area (Å²) in [5.74, 6) is 0.672. The van der Waals surface area contributed by atoms with E-state index in [9.17, 15) is 0 Å². The Morgan fingerprint density at radius 3 is 2.68 bits per heavy atom. The van der Waals surface area contributed by atoms with Crippen molar-refractivity contribution in [3.8, 4) is 0 Å². The maximum absolute atomic E-state index is 6.25. The summed E-state index contributed by atoms with van der Waals surface area (Å²) in [7, 11) is 0. The maximum atomic E-state index is 6.25. The third-order valence-corrected chi connectivity index (χ3v) is 4.13. The molecule has 0 heterocycles. The molecule has 0 radical (unpaired) electrons. The molecule has 3 rings (SSSR count). The van der Waals surface area contributed by atoms with Crippen LogP contribution in [0.3, 0.4) is 0 Å². The van der Waals surface area contributed by atoms with Crippen LogP contribution in [0.5, 0.6) is 0 Å². The second-order valence-corrected chi connectivity index (χ2v) is 5.74. The highest BCUT2D eigenvalue weighted by Gasteiger charge is 2.37. The van der Waals surface area contributed by atoms with Crippen LogP contribution in [0.4, 0.5) is 0 Å². The topological polar surface area (TPSA) is 12.0 Å². The second-order valence-electron chi connectivity index (χ2n) is 5.34. The summed E-state index contributed by atoms with van der Waals surface area (Å²) < 4.78 is 0. The molecule has 1 aliphatic carbocycles. The lowest BCUT2D eigenvalue weighted by molar-refractivity contribution is 0.673. The van der Waals surface area contributed by atoms with Crippen LogP contribution in [-0.2, 0) is 6.54 Å². The van der Waals surface area contributed by atoms with Gasteiger partial charge in [0.15, 0.2) is 0 Å². The molecule has 2 unspecified atom stereocenters. The maximum Gasteiger partial charge on any atom is 0.0453 e. The van der Waals surface area contributed by atoms with E-state index in [1.807, 2.05) is 6.07 Å². The minimum absolute atomic E-state index is 0.597. The molecule has 1 saturated carbocycles. The molecule has 2 aromatic rings. The largest absolute Gasteiger partial charge is 0.309 e. The van der Waals surface area contributed by atoms with Gasteiger partial charge in [0, 0.05) is 23.5 Å². The highest BCUT2D eigenvalue weighted by Crippen LogP contribution is 2.40. The third kappa shape index (κ3) is 2.99. The first kappa shape index (κ1) is 12.7. The molecule has 2 atom stereocenters. The Morgan fingerprint density at radius 2 is 1.95 bits per heavy atom. The predicted molar refractivity (Wildman–Crippen MR) is 80.6 cm³/mol. The zero-order chi connectivity index (χ0) is 13.2. The van der Waals surface area contributed by atoms with E-state index < -0.39 is 0 Å². The number of hydrogen-bond donors (Lipinski definition) is 1. The molecule has 0 spiro atoms. The molecule has 0 amide bonds. The van der Waals surface area contributed by atoms with Crippen molar-refractivity contribution in [2.24, 2.45) is 0 Å². The Kier molecular flexibility index (Phi) is 3.58. The Labute approximate surface area is 119 Å². The van der Waals surface area contributed by atoms with E-state index in [2.05, 4.69) is 54.7 Å². The highest BCUT2D eigenvalue weighted by atomic mass is 35.5. The van der Waals surface area contributed by atoms with E-state index in [1.165, 1.54) is 23.1 Å². The third-order valence-electron chi connectivity index (χ3n) is 3.78. The molecule has 19 heavy (non-hydrogen) atoms. The monoisotopic (exact) mass is 271 g/mol. The standard InChI is InChI=1S/C17H18ClN/c1-12-7-8-14(16(18)9-12)11-19-17-10-15(17)13-5-3-2-4-6-13/h2-9,15,17,19H,10-11H2,1H3. The Balaban J connectivity index is 1.57. The van der Waals surface area contributed by atoms with Crippen molar-refractivity contribution in [1.29, 1.82) is 0 Å². The van der Waals surface area contributed by atoms with Crippen molar-refractivity contribution in [2.75, 3.05) is 0 Å². The highest BCUT2D eigenvalue weighted by molar-refractivity contribution is 6.31. The Bertz CT molecular complexity index is 565. The zero-order valence-electron chi connectivity index (χ0n) is 11.1. The number of benzene rings is 2. The summed E-state index contributed by atoms with van der Waals surface area (Å²) in [4.78, 5) is 0. The molecular weight excluding hydrogens is 254 g/mol. The molecule has 98 valence electrons. The van der Waals surface area contributed by atoms with Gasteiger partial charge in [0.1, 0.15) is 0 Å². The summed E-state index contributed by atoms with van der Waals surface area (Å²) in [6, 6.07) is 17.6. The molecule has 1 aliphatic rings. The van der Waals surface area contributed by atoms with Crippen molar-refractivity contribution in [1.82, 2.24) is 5.32 Å². The molecule has 1 N–H and O–H groups in total. The number of nitrogens with one attached hydrogen (secondary N) is 1. The fourth-order valence-electron chi connectivity index (χ4n) is 2.53. The molecule has 1 fully saturated rings. The van der Waals surface area contributed by atoms with Gasteiger partial charge in [-0.25, -0.2) is 0 Å². The van der Waals surface area contributed by atoms with E-state index >= 15 is 0 Å². The zero-order valence-corrected chi connectivity index (χ0v) is 11.8. The fourth-order valence-corrected chi connectivity index (χ4v) is 2.83. The van der Waals surface area contributed by atoms with E-state index in [1.54, 1.807) is 0 Å². The molecule has 0 aromatic heterocycles. The van der Waals surface area contributed by atoms with Crippen molar-refractivity contribution in [3.05, 3.63) is 70.2 Å². The van der Waals surface area contributed by atoms with Crippen LogP contribution in [0.2, 0.25) is 5.02 Å². The molecule has 1 nitrogen and oxygen atoms in total. The van der Waals surface area contributed by atoms with Gasteiger partial charge < -0.3 is 5.32 Å². The van der Waals surface area contributed by atoms with Crippen LogP contribution in [0, 0.1) is 6.92 Å². The van der Waals surface area contributed by atoms with Crippen molar-refractivity contribution in [3.63, 3.8) is 0 Å². The lowest BCUT2D eigenvalue weighted by atomic mass is 10.1. The fraction of sp³-hybridized carbons (Fsp3) is 0.294. The smallest absolute Gasteiger partial charge is 0.0453 e. The number of hydrogen-bond acceptors (Lipinski definition) is 1. The first-order chi connectivity index (χ1) is 9.24. The van der Waals surface area contributed by atoms with Crippen LogP contribution in [-0.4, -0.2) is 6.04 Å². The van der Waals surface area contributed by atoms with E-state index in [-0.39, 0.29) is 0 Å². The summed E-state index contributed by atoms with van der Waals surface area (Å²) >= 11 is 6.25. The number of halogens is 1. The first-order valence-corrected chi connectivity index (χ1v) is 7.15. The lowest BCUT2D eigenvalue weighted by Crippen LogP contribution is -2.17. The lowest BCUT2D eigenvalue weighted by Gasteiger charge is -2.07. The summed E-state index contributed by atoms with van der Waals surface area (Å²) in [5, 5.41) is 4.46. The van der Waals surface area contributed by atoms with Gasteiger partial charge in [0.05, 0.1) is 0 Å². The summed E-state index contributed by atoms with van der Waals surface area (Å²) in [6.45, 7) is 2.92. The normalized spacial score (nSPS) is 21.4. The van der Waals surface area contributed by atoms with Gasteiger partial charge in [0.2, 0.25) is 0 Å². The number of rotatable bonds is 4. The predicted octanol–water partition coefficient (Wildman–Crippen LogP) is 4.29. The van der Waals surface area contributed by atoms with Crippen LogP contribution in [0.25, 0.3) is 0 Å². The average Bonchev–Trinajstić information content (AvgIpc) is 3.18. The molecule has 0 saturated heterocycles. The van der Waals surface area contributed by atoms with Crippen molar-refractivity contribution >= 4 is 11.6 Å². The Hall–Kier alpha value is -1.31. The first-order valence-electron chi connectivity index (χ1n) is 6.77. The van der Waals surface area contributed by atoms with Gasteiger partial charge in [-0.15, -0.1) is 0 Å². The van der Waals surface area contributed by atoms with Gasteiger partial charge in [-0.05, 0) is 36.1 Å². The van der Waals surface area contributed by atoms with Crippen molar-refractivity contribution in [2.45, 2.75) is 31.8 Å². The number of aryl methyl sites for hydroxylation is 1. The van der Waals surface area contributed by atoms with Crippen LogP contribution >= 0.6 is 11.6 Å². The molecule has 0 aliphatic heterocycles. The Morgan fingerprint density at radius 1 is 1.16 bits per heavy atom. The average molecular weight is 272 g/mol. The van der Waals surface area contributed by atoms with Crippen LogP contribution in [0.15, 0.2) is 48.5 Å². The van der Waals surface area contributed by atoms with E-state index in [0.717, 1.165) is 11.6 Å². The summed E-state index contributed by atoms with van der Waals surface area (Å²) in [6.07, 6.45) is 1.23. The SMILES string of the molecule is Cc1ccc(CNC2CC2c2ccccc2)c(Cl)c1. The van der Waals surface area contributed by atoms with Crippen molar-refractivity contribution < 1.29 is 0 Å². The second kappa shape index (κ2) is 5.36. The molecule has 2 heteroatoms. The van der Waals surface area contributed by atoms with Crippen LogP contribution in [0.1, 0.15) is 29.0 Å². The molecule has 2 aromatic carbocycles. The minimum Gasteiger partial charge on any atom is -0.309 e. The minimum atomic E-state index is 0.597. The molecular formula is C17H18ClN. The van der Waals surface area contributed by atoms with Gasteiger partial charge >= 0.3 is 0 Å². The van der Waals surface area contributed by atoms with Gasteiger partial charge in [0.25, 0.3) is 0 Å². The van der Waals surface area contributed by atoms with Gasteiger partial charge in [-0.3, -0.25) is 0 Å². The van der Waals surface area contributed by atoms with E-state index in [0.29, 0.717) is 12.0 Å². The van der Waals surface area contributed by atoms with E-state index in [4.69, 9.17) is 11.6 Å². The van der Waals surface area contributed by atoms with Crippen LogP contribution < -0.4 is 5.32 Å². The summed E-state index contributed by atoms with van der Waals surface area (Å²) in [5.41, 5.74) is 3.84. The quantitative estimate of drug-likeness (QED) is 0.875. The van der Waals surface area contributed by atoms with Gasteiger partial charge in [-0.1, -0.05) is 54.1 Å². The van der Waals surface area contributed by atoms with Gasteiger partial charge in [-0.2, -0.15) is 0 Å². The molecule has 0 bridgehead atoms.